The van der Waals surface area contributed by atoms with Crippen molar-refractivity contribution in [3.8, 4) is 5.75 Å². The molecule has 0 saturated heterocycles. The fourth-order valence-electron chi connectivity index (χ4n) is 1.80. The van der Waals surface area contributed by atoms with E-state index >= 15 is 0 Å². The van der Waals surface area contributed by atoms with E-state index in [0.717, 1.165) is 0 Å². The zero-order chi connectivity index (χ0) is 16.7. The maximum atomic E-state index is 12.8. The van der Waals surface area contributed by atoms with Crippen molar-refractivity contribution in [3.63, 3.8) is 0 Å². The number of hydrogen-bond acceptors (Lipinski definition) is 3. The van der Waals surface area contributed by atoms with Gasteiger partial charge < -0.3 is 15.4 Å². The van der Waals surface area contributed by atoms with Crippen LogP contribution < -0.4 is 15.4 Å². The Morgan fingerprint density at radius 2 is 1.74 bits per heavy atom. The maximum Gasteiger partial charge on any atom is 0.258 e. The van der Waals surface area contributed by atoms with E-state index in [1.807, 2.05) is 6.07 Å². The average molecular weight is 316 g/mol. The number of carbonyl (C=O) groups is 2. The number of para-hydroxylation sites is 1. The molecule has 0 aliphatic heterocycles. The Morgan fingerprint density at radius 1 is 1.09 bits per heavy atom. The van der Waals surface area contributed by atoms with Gasteiger partial charge >= 0.3 is 0 Å². The lowest BCUT2D eigenvalue weighted by Crippen LogP contribution is -2.43. The Hall–Kier alpha value is -2.89. The molecular weight excluding hydrogens is 299 g/mol. The van der Waals surface area contributed by atoms with Crippen molar-refractivity contribution < 1.29 is 18.7 Å². The number of benzene rings is 2. The highest BCUT2D eigenvalue weighted by molar-refractivity contribution is 5.97. The van der Waals surface area contributed by atoms with Crippen LogP contribution in [0, 0.1) is 5.82 Å². The second-order valence-electron chi connectivity index (χ2n) is 4.89. The highest BCUT2D eigenvalue weighted by Gasteiger charge is 2.16. The number of halogens is 1. The Morgan fingerprint density at radius 3 is 2.39 bits per heavy atom. The molecule has 0 spiro atoms. The summed E-state index contributed by atoms with van der Waals surface area (Å²) in [5.74, 6) is -0.617. The Labute approximate surface area is 133 Å². The molecule has 1 atom stereocenters. The lowest BCUT2D eigenvalue weighted by Gasteiger charge is -2.14. The van der Waals surface area contributed by atoms with E-state index in [1.54, 1.807) is 31.2 Å². The topological polar surface area (TPSA) is 67.4 Å². The first-order valence-corrected chi connectivity index (χ1v) is 7.08. The zero-order valence-electron chi connectivity index (χ0n) is 12.6. The van der Waals surface area contributed by atoms with Crippen molar-refractivity contribution in [2.75, 3.05) is 11.9 Å². The Bertz CT molecular complexity index is 659. The summed E-state index contributed by atoms with van der Waals surface area (Å²) in [7, 11) is 0. The van der Waals surface area contributed by atoms with E-state index in [4.69, 9.17) is 4.74 Å². The van der Waals surface area contributed by atoms with Gasteiger partial charge in [0.05, 0.1) is 0 Å². The van der Waals surface area contributed by atoms with Crippen LogP contribution in [0.4, 0.5) is 10.1 Å². The standard InChI is InChI=1S/C17H17FN2O3/c1-12(17(22)20-14-9-7-13(18)8-10-14)19-16(21)11-23-15-5-3-2-4-6-15/h2-10,12H,11H2,1H3,(H,19,21)(H,20,22)/t12-/m1/s1. The van der Waals surface area contributed by atoms with E-state index < -0.39 is 17.9 Å². The first-order valence-electron chi connectivity index (χ1n) is 7.08. The normalized spacial score (nSPS) is 11.4. The quantitative estimate of drug-likeness (QED) is 0.859. The first-order chi connectivity index (χ1) is 11.0. The van der Waals surface area contributed by atoms with E-state index in [0.29, 0.717) is 11.4 Å². The molecular formula is C17H17FN2O3. The SMILES string of the molecule is C[C@@H](NC(=O)COc1ccccc1)C(=O)Nc1ccc(F)cc1. The van der Waals surface area contributed by atoms with E-state index in [9.17, 15) is 14.0 Å². The molecule has 0 bridgehead atoms. The number of amides is 2. The second kappa shape index (κ2) is 7.93. The lowest BCUT2D eigenvalue weighted by molar-refractivity contribution is -0.127. The molecule has 23 heavy (non-hydrogen) atoms. The molecule has 0 radical (unpaired) electrons. The highest BCUT2D eigenvalue weighted by atomic mass is 19.1. The third kappa shape index (κ3) is 5.43. The van der Waals surface area contributed by atoms with Gasteiger partial charge in [0, 0.05) is 5.69 Å². The van der Waals surface area contributed by atoms with Crippen LogP contribution in [-0.4, -0.2) is 24.5 Å². The minimum Gasteiger partial charge on any atom is -0.484 e. The number of rotatable bonds is 6. The number of hydrogen-bond donors (Lipinski definition) is 2. The molecule has 6 heteroatoms. The largest absolute Gasteiger partial charge is 0.484 e. The van der Waals surface area contributed by atoms with Gasteiger partial charge in [0.15, 0.2) is 6.61 Å². The summed E-state index contributed by atoms with van der Waals surface area (Å²) in [6.45, 7) is 1.37. The minimum atomic E-state index is -0.744. The monoisotopic (exact) mass is 316 g/mol. The summed E-state index contributed by atoms with van der Waals surface area (Å²) in [6, 6.07) is 13.5. The molecule has 2 aromatic carbocycles. The number of ether oxygens (including phenoxy) is 1. The Balaban J connectivity index is 1.78. The molecule has 120 valence electrons. The molecule has 0 aromatic heterocycles. The van der Waals surface area contributed by atoms with Crippen molar-refractivity contribution >= 4 is 17.5 Å². The van der Waals surface area contributed by atoms with Gasteiger partial charge in [-0.15, -0.1) is 0 Å². The highest BCUT2D eigenvalue weighted by Crippen LogP contribution is 2.09. The fraction of sp³-hybridized carbons (Fsp3) is 0.176. The molecule has 2 rings (SSSR count). The zero-order valence-corrected chi connectivity index (χ0v) is 12.6. The summed E-state index contributed by atoms with van der Waals surface area (Å²) in [5, 5.41) is 5.12. The number of carbonyl (C=O) groups excluding carboxylic acids is 2. The lowest BCUT2D eigenvalue weighted by atomic mass is 10.2. The van der Waals surface area contributed by atoms with Crippen molar-refractivity contribution in [1.82, 2.24) is 5.32 Å². The van der Waals surface area contributed by atoms with Crippen LogP contribution in [-0.2, 0) is 9.59 Å². The van der Waals surface area contributed by atoms with Gasteiger partial charge in [-0.2, -0.15) is 0 Å². The molecule has 0 fully saturated rings. The molecule has 0 saturated carbocycles. The van der Waals surface area contributed by atoms with Crippen LogP contribution in [0.1, 0.15) is 6.92 Å². The maximum absolute atomic E-state index is 12.8. The second-order valence-corrected chi connectivity index (χ2v) is 4.89. The van der Waals surface area contributed by atoms with E-state index in [1.165, 1.54) is 24.3 Å². The van der Waals surface area contributed by atoms with Crippen LogP contribution in [0.3, 0.4) is 0 Å². The molecule has 0 heterocycles. The molecule has 2 amide bonds. The van der Waals surface area contributed by atoms with E-state index in [2.05, 4.69) is 10.6 Å². The summed E-state index contributed by atoms with van der Waals surface area (Å²) in [6.07, 6.45) is 0. The van der Waals surface area contributed by atoms with Gasteiger partial charge in [0.25, 0.3) is 5.91 Å². The molecule has 2 aromatic rings. The molecule has 0 aliphatic carbocycles. The summed E-state index contributed by atoms with van der Waals surface area (Å²) in [5.41, 5.74) is 0.457. The van der Waals surface area contributed by atoms with Crippen molar-refractivity contribution in [2.45, 2.75) is 13.0 Å². The first kappa shape index (κ1) is 16.5. The van der Waals surface area contributed by atoms with E-state index in [-0.39, 0.29) is 12.4 Å². The summed E-state index contributed by atoms with van der Waals surface area (Å²) >= 11 is 0. The van der Waals surface area contributed by atoms with Gasteiger partial charge in [-0.3, -0.25) is 9.59 Å². The minimum absolute atomic E-state index is 0.182. The van der Waals surface area contributed by atoms with Crippen LogP contribution in [0.5, 0.6) is 5.75 Å². The smallest absolute Gasteiger partial charge is 0.258 e. The van der Waals surface area contributed by atoms with Crippen LogP contribution in [0.2, 0.25) is 0 Å². The summed E-state index contributed by atoms with van der Waals surface area (Å²) in [4.78, 5) is 23.7. The third-order valence-electron chi connectivity index (χ3n) is 3.00. The molecule has 0 unspecified atom stereocenters. The fourth-order valence-corrected chi connectivity index (χ4v) is 1.80. The van der Waals surface area contributed by atoms with Gasteiger partial charge in [-0.05, 0) is 43.3 Å². The predicted molar refractivity (Wildman–Crippen MR) is 84.6 cm³/mol. The van der Waals surface area contributed by atoms with Crippen LogP contribution in [0.25, 0.3) is 0 Å². The van der Waals surface area contributed by atoms with Gasteiger partial charge in [0.1, 0.15) is 17.6 Å². The van der Waals surface area contributed by atoms with Gasteiger partial charge in [-0.25, -0.2) is 4.39 Å². The van der Waals surface area contributed by atoms with Crippen LogP contribution >= 0.6 is 0 Å². The van der Waals surface area contributed by atoms with Crippen LogP contribution in [0.15, 0.2) is 54.6 Å². The third-order valence-corrected chi connectivity index (χ3v) is 3.00. The average Bonchev–Trinajstić information content (AvgIpc) is 2.56. The Kier molecular flexibility index (Phi) is 5.68. The predicted octanol–water partition coefficient (Wildman–Crippen LogP) is 2.35. The number of nitrogens with one attached hydrogen (secondary N) is 2. The van der Waals surface area contributed by atoms with Gasteiger partial charge in [-0.1, -0.05) is 18.2 Å². The van der Waals surface area contributed by atoms with Gasteiger partial charge in [0.2, 0.25) is 5.91 Å². The number of anilines is 1. The van der Waals surface area contributed by atoms with Crippen molar-refractivity contribution in [1.29, 1.82) is 0 Å². The van der Waals surface area contributed by atoms with Crippen molar-refractivity contribution in [3.05, 3.63) is 60.4 Å². The molecule has 5 nitrogen and oxygen atoms in total. The molecule has 0 aliphatic rings. The molecule has 2 N–H and O–H groups in total. The summed E-state index contributed by atoms with van der Waals surface area (Å²) < 4.78 is 18.1. The van der Waals surface area contributed by atoms with Crippen molar-refractivity contribution in [2.24, 2.45) is 0 Å².